The number of hydrogen-bond acceptors (Lipinski definition) is 5. The van der Waals surface area contributed by atoms with E-state index in [0.717, 1.165) is 11.3 Å². The van der Waals surface area contributed by atoms with Crippen molar-refractivity contribution in [1.29, 1.82) is 0 Å². The lowest BCUT2D eigenvalue weighted by atomic mass is 10.2. The molecule has 0 spiro atoms. The summed E-state index contributed by atoms with van der Waals surface area (Å²) in [6.07, 6.45) is 0. The highest BCUT2D eigenvalue weighted by Gasteiger charge is 2.16. The Morgan fingerprint density at radius 1 is 1.10 bits per heavy atom. The largest absolute Gasteiger partial charge is 0.493 e. The Bertz CT molecular complexity index is 948. The molecule has 2 rings (SSSR count). The summed E-state index contributed by atoms with van der Waals surface area (Å²) in [5.41, 5.74) is 1.72. The van der Waals surface area contributed by atoms with Crippen molar-refractivity contribution >= 4 is 45.6 Å². The van der Waals surface area contributed by atoms with Crippen molar-refractivity contribution in [3.63, 3.8) is 0 Å². The number of ether oxygens (including phenoxy) is 2. The Balaban J connectivity index is 0.00000450. The van der Waals surface area contributed by atoms with E-state index in [2.05, 4.69) is 15.6 Å². The fourth-order valence-corrected chi connectivity index (χ4v) is 3.41. The average molecular weight is 548 g/mol. The lowest BCUT2D eigenvalue weighted by Gasteiger charge is -2.15. The van der Waals surface area contributed by atoms with Crippen LogP contribution in [0.4, 0.5) is 5.69 Å². The molecule has 2 N–H and O–H groups in total. The predicted molar refractivity (Wildman–Crippen MR) is 131 cm³/mol. The Hall–Kier alpha value is -2.05. The molecule has 0 aromatic heterocycles. The van der Waals surface area contributed by atoms with Crippen molar-refractivity contribution in [2.75, 3.05) is 40.2 Å². The summed E-state index contributed by atoms with van der Waals surface area (Å²) in [7, 11) is 2.86. The average Bonchev–Trinajstić information content (AvgIpc) is 2.72. The van der Waals surface area contributed by atoms with E-state index in [9.17, 15) is 8.42 Å². The molecule has 2 aromatic carbocycles. The van der Waals surface area contributed by atoms with Gasteiger partial charge in [-0.05, 0) is 36.8 Å². The number of benzene rings is 2. The number of sulfonamides is 1. The van der Waals surface area contributed by atoms with Crippen LogP contribution in [0.2, 0.25) is 0 Å². The van der Waals surface area contributed by atoms with Crippen LogP contribution in [-0.4, -0.2) is 53.5 Å². The van der Waals surface area contributed by atoms with Gasteiger partial charge in [0.1, 0.15) is 0 Å². The third kappa shape index (κ3) is 6.74. The number of nitrogens with zero attached hydrogens (tertiary/aromatic N) is 2. The maximum Gasteiger partial charge on any atom is 0.242 e. The molecule has 0 aliphatic carbocycles. The molecule has 2 aromatic rings. The molecule has 0 fully saturated rings. The van der Waals surface area contributed by atoms with E-state index in [-0.39, 0.29) is 28.9 Å². The first-order valence-corrected chi connectivity index (χ1v) is 10.6. The first-order chi connectivity index (χ1) is 13.8. The van der Waals surface area contributed by atoms with Crippen molar-refractivity contribution in [1.82, 2.24) is 9.62 Å². The van der Waals surface area contributed by atoms with Crippen molar-refractivity contribution in [3.05, 3.63) is 48.0 Å². The molecular weight excluding hydrogens is 519 g/mol. The van der Waals surface area contributed by atoms with Gasteiger partial charge in [-0.1, -0.05) is 12.1 Å². The Morgan fingerprint density at radius 2 is 1.77 bits per heavy atom. The number of hydrogen-bond donors (Lipinski definition) is 2. The SMILES string of the molecule is CCOc1ccc(NC(=NC)NCc2ccc(S(=O)(=O)N(C)C)cc2)cc1OC.I. The minimum Gasteiger partial charge on any atom is -0.493 e. The van der Waals surface area contributed by atoms with Crippen LogP contribution in [0.5, 0.6) is 11.5 Å². The Kier molecular flexibility index (Phi) is 10.4. The van der Waals surface area contributed by atoms with Crippen LogP contribution in [0, 0.1) is 0 Å². The van der Waals surface area contributed by atoms with E-state index in [1.54, 1.807) is 38.4 Å². The molecule has 0 atom stereocenters. The van der Waals surface area contributed by atoms with Gasteiger partial charge in [0.25, 0.3) is 0 Å². The molecule has 0 bridgehead atoms. The molecule has 8 nitrogen and oxygen atoms in total. The van der Waals surface area contributed by atoms with Crippen LogP contribution in [0.3, 0.4) is 0 Å². The smallest absolute Gasteiger partial charge is 0.242 e. The summed E-state index contributed by atoms with van der Waals surface area (Å²) in [5, 5.41) is 6.39. The number of guanidine groups is 1. The molecule has 0 amide bonds. The van der Waals surface area contributed by atoms with Crippen LogP contribution in [0.25, 0.3) is 0 Å². The van der Waals surface area contributed by atoms with Gasteiger partial charge in [0.2, 0.25) is 10.0 Å². The number of rotatable bonds is 8. The first-order valence-electron chi connectivity index (χ1n) is 9.11. The van der Waals surface area contributed by atoms with Crippen molar-refractivity contribution < 1.29 is 17.9 Å². The summed E-state index contributed by atoms with van der Waals surface area (Å²) in [5.74, 6) is 1.88. The molecule has 166 valence electrons. The normalized spacial score (nSPS) is 11.6. The second kappa shape index (κ2) is 12.0. The monoisotopic (exact) mass is 548 g/mol. The second-order valence-corrected chi connectivity index (χ2v) is 8.43. The highest BCUT2D eigenvalue weighted by Crippen LogP contribution is 2.30. The molecule has 0 heterocycles. The fraction of sp³-hybridized carbons (Fsp3) is 0.350. The minimum absolute atomic E-state index is 0. The highest BCUT2D eigenvalue weighted by molar-refractivity contribution is 14.0. The molecule has 0 saturated carbocycles. The Labute approximate surface area is 195 Å². The summed E-state index contributed by atoms with van der Waals surface area (Å²) >= 11 is 0. The zero-order valence-corrected chi connectivity index (χ0v) is 20.9. The lowest BCUT2D eigenvalue weighted by Crippen LogP contribution is -2.30. The van der Waals surface area contributed by atoms with E-state index in [1.165, 1.54) is 18.4 Å². The first kappa shape index (κ1) is 26.0. The maximum atomic E-state index is 12.1. The third-order valence-electron chi connectivity index (χ3n) is 4.11. The van der Waals surface area contributed by atoms with E-state index in [4.69, 9.17) is 9.47 Å². The minimum atomic E-state index is -3.43. The van der Waals surface area contributed by atoms with Gasteiger partial charge in [-0.15, -0.1) is 24.0 Å². The molecular formula is C20H29IN4O4S. The van der Waals surface area contributed by atoms with Gasteiger partial charge in [0.05, 0.1) is 18.6 Å². The highest BCUT2D eigenvalue weighted by atomic mass is 127. The van der Waals surface area contributed by atoms with Crippen molar-refractivity contribution in [2.24, 2.45) is 4.99 Å². The summed E-state index contributed by atoms with van der Waals surface area (Å²) < 4.78 is 36.4. The molecule has 0 unspecified atom stereocenters. The predicted octanol–water partition coefficient (Wildman–Crippen LogP) is 3.15. The standard InChI is InChI=1S/C20H28N4O4S.HI/c1-6-28-18-12-9-16(13-19(18)27-5)23-20(21-2)22-14-15-7-10-17(11-8-15)29(25,26)24(3)4;/h7-13H,6,14H2,1-5H3,(H2,21,22,23);1H. The quantitative estimate of drug-likeness (QED) is 0.299. The number of methoxy groups -OCH3 is 1. The maximum absolute atomic E-state index is 12.1. The second-order valence-electron chi connectivity index (χ2n) is 6.28. The lowest BCUT2D eigenvalue weighted by molar-refractivity contribution is 0.311. The van der Waals surface area contributed by atoms with E-state index in [1.807, 2.05) is 25.1 Å². The van der Waals surface area contributed by atoms with Gasteiger partial charge >= 0.3 is 0 Å². The number of nitrogens with one attached hydrogen (secondary N) is 2. The van der Waals surface area contributed by atoms with E-state index < -0.39 is 10.0 Å². The van der Waals surface area contributed by atoms with Gasteiger partial charge in [-0.2, -0.15) is 0 Å². The van der Waals surface area contributed by atoms with Crippen LogP contribution < -0.4 is 20.1 Å². The van der Waals surface area contributed by atoms with Gasteiger partial charge in [0.15, 0.2) is 17.5 Å². The number of aliphatic imine (C=N–C) groups is 1. The molecule has 0 aliphatic heterocycles. The van der Waals surface area contributed by atoms with Crippen molar-refractivity contribution in [3.8, 4) is 11.5 Å². The van der Waals surface area contributed by atoms with Gasteiger partial charge < -0.3 is 20.1 Å². The van der Waals surface area contributed by atoms with Gasteiger partial charge in [-0.25, -0.2) is 12.7 Å². The molecule has 0 radical (unpaired) electrons. The van der Waals surface area contributed by atoms with E-state index in [0.29, 0.717) is 30.6 Å². The van der Waals surface area contributed by atoms with Gasteiger partial charge in [0, 0.05) is 39.4 Å². The van der Waals surface area contributed by atoms with Crippen LogP contribution in [0.1, 0.15) is 12.5 Å². The third-order valence-corrected chi connectivity index (χ3v) is 5.94. The molecule has 30 heavy (non-hydrogen) atoms. The molecule has 0 aliphatic rings. The van der Waals surface area contributed by atoms with Crippen LogP contribution in [-0.2, 0) is 16.6 Å². The van der Waals surface area contributed by atoms with Crippen LogP contribution >= 0.6 is 24.0 Å². The zero-order chi connectivity index (χ0) is 21.4. The number of anilines is 1. The number of halogens is 1. The Morgan fingerprint density at radius 3 is 2.30 bits per heavy atom. The molecule has 10 heteroatoms. The summed E-state index contributed by atoms with van der Waals surface area (Å²) in [4.78, 5) is 4.47. The van der Waals surface area contributed by atoms with Gasteiger partial charge in [-0.3, -0.25) is 4.99 Å². The van der Waals surface area contributed by atoms with Crippen LogP contribution in [0.15, 0.2) is 52.4 Å². The summed E-state index contributed by atoms with van der Waals surface area (Å²) in [6.45, 7) is 2.96. The summed E-state index contributed by atoms with van der Waals surface area (Å²) in [6, 6.07) is 12.3. The topological polar surface area (TPSA) is 92.3 Å². The zero-order valence-electron chi connectivity index (χ0n) is 17.8. The van der Waals surface area contributed by atoms with Crippen molar-refractivity contribution in [2.45, 2.75) is 18.4 Å². The molecule has 0 saturated heterocycles. The van der Waals surface area contributed by atoms with E-state index >= 15 is 0 Å². The fourth-order valence-electron chi connectivity index (χ4n) is 2.51.